The molecule has 0 amide bonds. The number of hydrogen-bond donors (Lipinski definition) is 1. The van der Waals surface area contributed by atoms with Crippen LogP contribution in [0.1, 0.15) is 5.56 Å². The highest BCUT2D eigenvalue weighted by molar-refractivity contribution is 5.81. The quantitative estimate of drug-likeness (QED) is 0.624. The number of carbonyl (C=O) groups excluding carboxylic acids is 1. The van der Waals surface area contributed by atoms with E-state index in [1.165, 1.54) is 5.56 Å². The summed E-state index contributed by atoms with van der Waals surface area (Å²) in [6.07, 6.45) is 2.88. The van der Waals surface area contributed by atoms with Crippen LogP contribution < -0.4 is 0 Å². The molecule has 86 valence electrons. The van der Waals surface area contributed by atoms with Gasteiger partial charge in [0, 0.05) is 6.08 Å². The Kier molecular flexibility index (Phi) is 8.55. The minimum atomic E-state index is -0.501. The Labute approximate surface area is 95.7 Å². The second-order valence-corrected chi connectivity index (χ2v) is 2.71. The van der Waals surface area contributed by atoms with Gasteiger partial charge in [-0.05, 0) is 5.56 Å². The fourth-order valence-corrected chi connectivity index (χ4v) is 0.794. The van der Waals surface area contributed by atoms with Gasteiger partial charge in [0.2, 0.25) is 0 Å². The predicted octanol–water partition coefficient (Wildman–Crippen LogP) is 2.04. The van der Waals surface area contributed by atoms with Crippen LogP contribution in [-0.2, 0) is 9.53 Å². The highest BCUT2D eigenvalue weighted by Gasteiger charge is 1.90. The number of aliphatic hydroxyl groups is 1. The molecule has 0 saturated carbocycles. The third-order valence-electron chi connectivity index (χ3n) is 1.54. The maximum absolute atomic E-state index is 10.1. The molecular weight excluding hydrogens is 204 g/mol. The van der Waals surface area contributed by atoms with Crippen molar-refractivity contribution in [2.45, 2.75) is 0 Å². The van der Waals surface area contributed by atoms with Crippen LogP contribution in [0.25, 0.3) is 6.08 Å². The smallest absolute Gasteiger partial charge is 0.330 e. The van der Waals surface area contributed by atoms with E-state index in [-0.39, 0.29) is 13.2 Å². The SMILES string of the molecule is C=CC(=O)OCCO.C=Cc1ccccc1. The summed E-state index contributed by atoms with van der Waals surface area (Å²) >= 11 is 0. The average Bonchev–Trinajstić information content (AvgIpc) is 2.37. The topological polar surface area (TPSA) is 46.5 Å². The third-order valence-corrected chi connectivity index (χ3v) is 1.54. The molecule has 0 heterocycles. The van der Waals surface area contributed by atoms with E-state index in [4.69, 9.17) is 5.11 Å². The predicted molar refractivity (Wildman–Crippen MR) is 64.8 cm³/mol. The normalized spacial score (nSPS) is 8.31. The number of esters is 1. The van der Waals surface area contributed by atoms with Gasteiger partial charge in [0.1, 0.15) is 6.61 Å². The molecule has 0 aromatic heterocycles. The first-order valence-corrected chi connectivity index (χ1v) is 4.82. The molecule has 3 heteroatoms. The number of carbonyl (C=O) groups is 1. The molecule has 1 rings (SSSR count). The van der Waals surface area contributed by atoms with E-state index < -0.39 is 5.97 Å². The first kappa shape index (κ1) is 14.1. The van der Waals surface area contributed by atoms with Crippen molar-refractivity contribution in [3.63, 3.8) is 0 Å². The van der Waals surface area contributed by atoms with Gasteiger partial charge in [0.05, 0.1) is 6.61 Å². The molecular formula is C13H16O3. The van der Waals surface area contributed by atoms with Gasteiger partial charge in [-0.3, -0.25) is 0 Å². The molecule has 0 aliphatic rings. The van der Waals surface area contributed by atoms with Crippen LogP contribution in [-0.4, -0.2) is 24.3 Å². The van der Waals surface area contributed by atoms with Gasteiger partial charge in [-0.1, -0.05) is 49.6 Å². The summed E-state index contributed by atoms with van der Waals surface area (Å²) in [6.45, 7) is 6.70. The molecule has 3 nitrogen and oxygen atoms in total. The molecule has 0 fully saturated rings. The van der Waals surface area contributed by atoms with Crippen molar-refractivity contribution >= 4 is 12.0 Å². The highest BCUT2D eigenvalue weighted by atomic mass is 16.5. The summed E-state index contributed by atoms with van der Waals surface area (Å²) in [4.78, 5) is 10.1. The summed E-state index contributed by atoms with van der Waals surface area (Å²) in [6, 6.07) is 10.0. The van der Waals surface area contributed by atoms with Crippen molar-refractivity contribution in [2.24, 2.45) is 0 Å². The molecule has 16 heavy (non-hydrogen) atoms. The Hall–Kier alpha value is -1.87. The summed E-state index contributed by atoms with van der Waals surface area (Å²) in [5.74, 6) is -0.501. The second-order valence-electron chi connectivity index (χ2n) is 2.71. The Morgan fingerprint density at radius 3 is 2.31 bits per heavy atom. The Morgan fingerprint density at radius 2 is 1.94 bits per heavy atom. The summed E-state index contributed by atoms with van der Waals surface area (Å²) in [7, 11) is 0. The lowest BCUT2D eigenvalue weighted by Gasteiger charge is -1.94. The monoisotopic (exact) mass is 220 g/mol. The van der Waals surface area contributed by atoms with Crippen molar-refractivity contribution in [1.82, 2.24) is 0 Å². The zero-order valence-corrected chi connectivity index (χ0v) is 9.13. The van der Waals surface area contributed by atoms with Gasteiger partial charge in [-0.2, -0.15) is 0 Å². The minimum Gasteiger partial charge on any atom is -0.460 e. The number of hydrogen-bond acceptors (Lipinski definition) is 3. The molecule has 0 unspecified atom stereocenters. The van der Waals surface area contributed by atoms with Crippen molar-refractivity contribution in [3.05, 3.63) is 55.1 Å². The van der Waals surface area contributed by atoms with E-state index in [1.807, 2.05) is 36.4 Å². The summed E-state index contributed by atoms with van der Waals surface area (Å²) in [5.41, 5.74) is 1.17. The second kappa shape index (κ2) is 9.68. The van der Waals surface area contributed by atoms with E-state index in [1.54, 1.807) is 0 Å². The molecule has 1 aromatic rings. The van der Waals surface area contributed by atoms with Gasteiger partial charge < -0.3 is 9.84 Å². The van der Waals surface area contributed by atoms with Crippen molar-refractivity contribution in [3.8, 4) is 0 Å². The molecule has 0 saturated heterocycles. The van der Waals surface area contributed by atoms with Gasteiger partial charge in [-0.25, -0.2) is 4.79 Å². The molecule has 0 aliphatic carbocycles. The lowest BCUT2D eigenvalue weighted by Crippen LogP contribution is -2.04. The molecule has 0 atom stereocenters. The van der Waals surface area contributed by atoms with Crippen LogP contribution in [0.2, 0.25) is 0 Å². The van der Waals surface area contributed by atoms with Gasteiger partial charge in [0.15, 0.2) is 0 Å². The van der Waals surface area contributed by atoms with Crippen LogP contribution in [0.3, 0.4) is 0 Å². The number of benzene rings is 1. The van der Waals surface area contributed by atoms with Crippen LogP contribution in [0.5, 0.6) is 0 Å². The van der Waals surface area contributed by atoms with E-state index in [0.29, 0.717) is 0 Å². The maximum atomic E-state index is 10.1. The Morgan fingerprint density at radius 1 is 1.31 bits per heavy atom. The number of aliphatic hydroxyl groups excluding tert-OH is 1. The number of ether oxygens (including phenoxy) is 1. The molecule has 0 radical (unpaired) electrons. The molecule has 0 spiro atoms. The van der Waals surface area contributed by atoms with Crippen LogP contribution in [0.4, 0.5) is 0 Å². The average molecular weight is 220 g/mol. The van der Waals surface area contributed by atoms with Crippen molar-refractivity contribution < 1.29 is 14.6 Å². The van der Waals surface area contributed by atoms with Crippen LogP contribution in [0.15, 0.2) is 49.6 Å². The largest absolute Gasteiger partial charge is 0.460 e. The fraction of sp³-hybridized carbons (Fsp3) is 0.154. The first-order valence-electron chi connectivity index (χ1n) is 4.82. The van der Waals surface area contributed by atoms with Crippen LogP contribution in [0, 0.1) is 0 Å². The number of rotatable bonds is 4. The summed E-state index contributed by atoms with van der Waals surface area (Å²) < 4.78 is 4.33. The van der Waals surface area contributed by atoms with Crippen molar-refractivity contribution in [1.29, 1.82) is 0 Å². The zero-order valence-electron chi connectivity index (χ0n) is 9.13. The highest BCUT2D eigenvalue weighted by Crippen LogP contribution is 1.97. The first-order chi connectivity index (χ1) is 7.74. The Bertz CT molecular complexity index is 317. The standard InChI is InChI=1S/C8H8.C5H8O3/c1-2-8-6-4-3-5-7-8;1-2-5(7)8-4-3-6/h2-7H,1H2;2,6H,1,3-4H2. The molecule has 1 N–H and O–H groups in total. The molecule has 0 aliphatic heterocycles. The molecule has 1 aromatic carbocycles. The lowest BCUT2D eigenvalue weighted by molar-refractivity contribution is -0.138. The van der Waals surface area contributed by atoms with E-state index in [9.17, 15) is 4.79 Å². The fourth-order valence-electron chi connectivity index (χ4n) is 0.794. The lowest BCUT2D eigenvalue weighted by atomic mass is 10.2. The van der Waals surface area contributed by atoms with E-state index >= 15 is 0 Å². The Balaban J connectivity index is 0.000000281. The van der Waals surface area contributed by atoms with Crippen molar-refractivity contribution in [2.75, 3.05) is 13.2 Å². The van der Waals surface area contributed by atoms with E-state index in [0.717, 1.165) is 6.08 Å². The van der Waals surface area contributed by atoms with Gasteiger partial charge in [-0.15, -0.1) is 0 Å². The third kappa shape index (κ3) is 7.53. The molecule has 0 bridgehead atoms. The van der Waals surface area contributed by atoms with Gasteiger partial charge in [0.25, 0.3) is 0 Å². The zero-order chi connectivity index (χ0) is 12.2. The minimum absolute atomic E-state index is 0.0465. The van der Waals surface area contributed by atoms with Crippen LogP contribution >= 0.6 is 0 Å². The van der Waals surface area contributed by atoms with E-state index in [2.05, 4.69) is 17.9 Å². The summed E-state index contributed by atoms with van der Waals surface area (Å²) in [5, 5.41) is 8.10. The maximum Gasteiger partial charge on any atom is 0.330 e. The van der Waals surface area contributed by atoms with Gasteiger partial charge >= 0.3 is 5.97 Å².